The number of aliphatic hydroxyl groups is 1. The number of aliphatic hydroxyl groups excluding tert-OH is 1. The van der Waals surface area contributed by atoms with E-state index in [2.05, 4.69) is 25.6 Å². The van der Waals surface area contributed by atoms with Gasteiger partial charge in [0.2, 0.25) is 0 Å². The van der Waals surface area contributed by atoms with Crippen molar-refractivity contribution in [3.8, 4) is 0 Å². The molecule has 1 fully saturated rings. The normalized spacial score (nSPS) is 19.5. The van der Waals surface area contributed by atoms with Gasteiger partial charge in [0.05, 0.1) is 17.7 Å². The zero-order valence-electron chi connectivity index (χ0n) is 15.8. The van der Waals surface area contributed by atoms with Crippen molar-refractivity contribution < 1.29 is 5.11 Å². The molecule has 28 heavy (non-hydrogen) atoms. The monoisotopic (exact) mass is 380 g/mol. The van der Waals surface area contributed by atoms with Gasteiger partial charge in [-0.2, -0.15) is 0 Å². The number of rotatable bonds is 5. The lowest BCUT2D eigenvalue weighted by atomic mass is 9.93. The van der Waals surface area contributed by atoms with E-state index in [9.17, 15) is 9.90 Å². The standard InChI is InChI=1S/C20H24N6O2/c1-2-26-10-7-13-11-16(24-17-12-21-8-9-22-17)25-19(18(13)20(26)28)23-14-3-5-15(27)6-4-14/h7-12,14-15,27H,2-6H2,1H3,(H2,22,23,24,25)/t14-,15-. The van der Waals surface area contributed by atoms with Crippen molar-refractivity contribution in [1.29, 1.82) is 0 Å². The van der Waals surface area contributed by atoms with Crippen LogP contribution in [0, 0.1) is 0 Å². The van der Waals surface area contributed by atoms with Gasteiger partial charge in [-0.1, -0.05) is 0 Å². The summed E-state index contributed by atoms with van der Waals surface area (Å²) in [6.07, 6.45) is 9.62. The van der Waals surface area contributed by atoms with E-state index >= 15 is 0 Å². The van der Waals surface area contributed by atoms with Gasteiger partial charge in [0.25, 0.3) is 5.56 Å². The summed E-state index contributed by atoms with van der Waals surface area (Å²) in [7, 11) is 0. The average molecular weight is 380 g/mol. The van der Waals surface area contributed by atoms with Crippen LogP contribution in [0.15, 0.2) is 41.7 Å². The molecule has 1 aliphatic carbocycles. The van der Waals surface area contributed by atoms with Gasteiger partial charge in [-0.05, 0) is 50.1 Å². The van der Waals surface area contributed by atoms with Gasteiger partial charge in [0.15, 0.2) is 0 Å². The number of fused-ring (bicyclic) bond motifs is 1. The summed E-state index contributed by atoms with van der Waals surface area (Å²) in [5, 5.41) is 17.8. The van der Waals surface area contributed by atoms with E-state index in [0.717, 1.165) is 31.1 Å². The van der Waals surface area contributed by atoms with Crippen LogP contribution in [0.4, 0.5) is 17.5 Å². The summed E-state index contributed by atoms with van der Waals surface area (Å²) >= 11 is 0. The summed E-state index contributed by atoms with van der Waals surface area (Å²) in [5.74, 6) is 1.75. The summed E-state index contributed by atoms with van der Waals surface area (Å²) in [4.78, 5) is 25.9. The molecule has 0 spiro atoms. The van der Waals surface area contributed by atoms with Crippen LogP contribution < -0.4 is 16.2 Å². The molecule has 4 rings (SSSR count). The summed E-state index contributed by atoms with van der Waals surface area (Å²) in [6.45, 7) is 2.55. The highest BCUT2D eigenvalue weighted by molar-refractivity contribution is 5.93. The summed E-state index contributed by atoms with van der Waals surface area (Å²) in [6, 6.07) is 3.96. The molecule has 0 aromatic carbocycles. The Morgan fingerprint density at radius 2 is 2.04 bits per heavy atom. The fraction of sp³-hybridized carbons (Fsp3) is 0.400. The van der Waals surface area contributed by atoms with E-state index in [1.54, 1.807) is 29.4 Å². The Morgan fingerprint density at radius 1 is 1.21 bits per heavy atom. The molecular formula is C20H24N6O2. The van der Waals surface area contributed by atoms with E-state index < -0.39 is 0 Å². The van der Waals surface area contributed by atoms with Crippen LogP contribution in [-0.2, 0) is 6.54 Å². The molecule has 0 bridgehead atoms. The minimum atomic E-state index is -0.232. The van der Waals surface area contributed by atoms with Gasteiger partial charge < -0.3 is 20.3 Å². The average Bonchev–Trinajstić information content (AvgIpc) is 2.70. The van der Waals surface area contributed by atoms with Crippen LogP contribution in [0.1, 0.15) is 32.6 Å². The Labute approximate surface area is 162 Å². The number of nitrogens with one attached hydrogen (secondary N) is 2. The highest BCUT2D eigenvalue weighted by atomic mass is 16.3. The van der Waals surface area contributed by atoms with E-state index in [1.165, 1.54) is 0 Å². The van der Waals surface area contributed by atoms with Gasteiger partial charge in [-0.3, -0.25) is 9.78 Å². The Kier molecular flexibility index (Phi) is 5.21. The first-order valence-electron chi connectivity index (χ1n) is 9.66. The SMILES string of the molecule is CCn1ccc2cc(Nc3cnccn3)nc(N[C@H]3CC[C@H](O)CC3)c2c1=O. The lowest BCUT2D eigenvalue weighted by molar-refractivity contribution is 0.126. The number of hydrogen-bond donors (Lipinski definition) is 3. The predicted octanol–water partition coefficient (Wildman–Crippen LogP) is 2.67. The van der Waals surface area contributed by atoms with Crippen molar-refractivity contribution >= 4 is 28.2 Å². The Hall–Kier alpha value is -3.00. The van der Waals surface area contributed by atoms with E-state index in [-0.39, 0.29) is 17.7 Å². The maximum Gasteiger partial charge on any atom is 0.262 e. The zero-order valence-corrected chi connectivity index (χ0v) is 15.8. The molecule has 3 aromatic heterocycles. The number of anilines is 3. The van der Waals surface area contributed by atoms with Crippen molar-refractivity contribution in [2.45, 2.75) is 51.3 Å². The maximum atomic E-state index is 12.9. The van der Waals surface area contributed by atoms with Crippen molar-refractivity contribution in [3.05, 3.63) is 47.3 Å². The van der Waals surface area contributed by atoms with Crippen LogP contribution >= 0.6 is 0 Å². The second-order valence-corrected chi connectivity index (χ2v) is 7.09. The molecule has 0 atom stereocenters. The predicted molar refractivity (Wildman–Crippen MR) is 109 cm³/mol. The van der Waals surface area contributed by atoms with Gasteiger partial charge in [0.1, 0.15) is 17.5 Å². The molecule has 0 aliphatic heterocycles. The first kappa shape index (κ1) is 18.4. The topological polar surface area (TPSA) is 105 Å². The first-order chi connectivity index (χ1) is 13.6. The molecule has 3 heterocycles. The molecular weight excluding hydrogens is 356 g/mol. The van der Waals surface area contributed by atoms with Gasteiger partial charge in [0, 0.05) is 31.2 Å². The number of aromatic nitrogens is 4. The van der Waals surface area contributed by atoms with Gasteiger partial charge >= 0.3 is 0 Å². The molecule has 3 N–H and O–H groups in total. The third kappa shape index (κ3) is 3.82. The number of nitrogens with zero attached hydrogens (tertiary/aromatic N) is 4. The molecule has 0 unspecified atom stereocenters. The molecule has 0 amide bonds. The number of hydrogen-bond acceptors (Lipinski definition) is 7. The minimum absolute atomic E-state index is 0.0584. The largest absolute Gasteiger partial charge is 0.393 e. The van der Waals surface area contributed by atoms with Crippen LogP contribution in [0.5, 0.6) is 0 Å². The van der Waals surface area contributed by atoms with E-state index in [0.29, 0.717) is 29.4 Å². The Bertz CT molecular complexity index is 1010. The smallest absolute Gasteiger partial charge is 0.262 e. The maximum absolute atomic E-state index is 12.9. The molecule has 8 nitrogen and oxygen atoms in total. The minimum Gasteiger partial charge on any atom is -0.393 e. The van der Waals surface area contributed by atoms with E-state index in [4.69, 9.17) is 0 Å². The molecule has 146 valence electrons. The second kappa shape index (κ2) is 7.93. The third-order valence-corrected chi connectivity index (χ3v) is 5.16. The van der Waals surface area contributed by atoms with Gasteiger partial charge in [-0.15, -0.1) is 0 Å². The van der Waals surface area contributed by atoms with Crippen LogP contribution in [0.25, 0.3) is 10.8 Å². The Morgan fingerprint density at radius 3 is 2.75 bits per heavy atom. The highest BCUT2D eigenvalue weighted by Gasteiger charge is 2.21. The molecule has 1 saturated carbocycles. The molecule has 0 saturated heterocycles. The first-order valence-corrected chi connectivity index (χ1v) is 9.66. The molecule has 8 heteroatoms. The number of aryl methyl sites for hydroxylation is 1. The molecule has 0 radical (unpaired) electrons. The summed E-state index contributed by atoms with van der Waals surface area (Å²) in [5.41, 5.74) is -0.0584. The van der Waals surface area contributed by atoms with E-state index in [1.807, 2.05) is 19.1 Å². The second-order valence-electron chi connectivity index (χ2n) is 7.09. The van der Waals surface area contributed by atoms with Crippen molar-refractivity contribution in [2.24, 2.45) is 0 Å². The summed E-state index contributed by atoms with van der Waals surface area (Å²) < 4.78 is 1.68. The van der Waals surface area contributed by atoms with Crippen LogP contribution in [0.2, 0.25) is 0 Å². The van der Waals surface area contributed by atoms with Crippen LogP contribution in [-0.4, -0.2) is 36.8 Å². The molecule has 1 aliphatic rings. The lowest BCUT2D eigenvalue weighted by Crippen LogP contribution is -2.29. The molecule has 3 aromatic rings. The van der Waals surface area contributed by atoms with Crippen LogP contribution in [0.3, 0.4) is 0 Å². The quantitative estimate of drug-likeness (QED) is 0.625. The zero-order chi connectivity index (χ0) is 19.5. The Balaban J connectivity index is 1.75. The third-order valence-electron chi connectivity index (χ3n) is 5.16. The van der Waals surface area contributed by atoms with Gasteiger partial charge in [-0.25, -0.2) is 9.97 Å². The fourth-order valence-electron chi connectivity index (χ4n) is 3.63. The van der Waals surface area contributed by atoms with Crippen molar-refractivity contribution in [2.75, 3.05) is 10.6 Å². The van der Waals surface area contributed by atoms with Crippen molar-refractivity contribution in [1.82, 2.24) is 19.5 Å². The lowest BCUT2D eigenvalue weighted by Gasteiger charge is -2.27. The highest BCUT2D eigenvalue weighted by Crippen LogP contribution is 2.27. The number of pyridine rings is 2. The fourth-order valence-corrected chi connectivity index (χ4v) is 3.63. The van der Waals surface area contributed by atoms with Crippen molar-refractivity contribution in [3.63, 3.8) is 0 Å².